The van der Waals surface area contributed by atoms with E-state index in [-0.39, 0.29) is 12.1 Å². The van der Waals surface area contributed by atoms with E-state index >= 15 is 0 Å². The Balaban J connectivity index is 1.14. The molecule has 5 aromatic rings. The molecule has 0 radical (unpaired) electrons. The first-order valence-electron chi connectivity index (χ1n) is 35.3. The second kappa shape index (κ2) is 46.5. The number of carbonyl (C=O) groups excluding carboxylic acids is 2. The third kappa shape index (κ3) is 32.4. The molecule has 0 aromatic heterocycles. The number of hydrogen-bond acceptors (Lipinski definition) is 6. The van der Waals surface area contributed by atoms with Crippen LogP contribution >= 0.6 is 0 Å². The summed E-state index contributed by atoms with van der Waals surface area (Å²) in [6.07, 6.45) is 50.8. The van der Waals surface area contributed by atoms with Gasteiger partial charge in [-0.05, 0) is 83.6 Å². The van der Waals surface area contributed by atoms with Crippen LogP contribution in [0.25, 0.3) is 21.5 Å². The van der Waals surface area contributed by atoms with Crippen LogP contribution in [0.4, 0.5) is 32.3 Å². The Labute approximate surface area is 522 Å². The summed E-state index contributed by atoms with van der Waals surface area (Å²) in [6.45, 7) is 11.6. The van der Waals surface area contributed by atoms with Crippen LogP contribution in [-0.2, 0) is 0 Å². The van der Waals surface area contributed by atoms with E-state index in [1.165, 1.54) is 205 Å². The molecule has 10 heteroatoms. The minimum Gasteiger partial charge on any atom is -0.493 e. The third-order valence-corrected chi connectivity index (χ3v) is 16.7. The van der Waals surface area contributed by atoms with E-state index in [2.05, 4.69) is 61.1 Å². The highest BCUT2D eigenvalue weighted by Crippen LogP contribution is 2.32. The van der Waals surface area contributed by atoms with Gasteiger partial charge in [0.05, 0.1) is 26.4 Å². The summed E-state index contributed by atoms with van der Waals surface area (Å²) in [4.78, 5) is 27.3. The van der Waals surface area contributed by atoms with Crippen LogP contribution in [0.3, 0.4) is 0 Å². The molecular weight excluding hydrogens is 1060 g/mol. The van der Waals surface area contributed by atoms with Crippen molar-refractivity contribution in [3.63, 3.8) is 0 Å². The molecule has 0 bridgehead atoms. The maximum Gasteiger partial charge on any atom is 0.323 e. The van der Waals surface area contributed by atoms with Gasteiger partial charge in [0, 0.05) is 59.1 Å². The van der Waals surface area contributed by atoms with Crippen LogP contribution in [0.15, 0.2) is 84.9 Å². The molecule has 0 unspecified atom stereocenters. The van der Waals surface area contributed by atoms with E-state index in [0.717, 1.165) is 72.9 Å². The van der Waals surface area contributed by atoms with Gasteiger partial charge in [-0.3, -0.25) is 0 Å². The zero-order valence-corrected chi connectivity index (χ0v) is 54.6. The second-order valence-electron chi connectivity index (χ2n) is 24.6. The van der Waals surface area contributed by atoms with Gasteiger partial charge in [0.1, 0.15) is 23.0 Å². The number of fused-ring (bicyclic) bond motifs is 2. The van der Waals surface area contributed by atoms with Crippen molar-refractivity contribution >= 4 is 56.4 Å². The number of anilines is 4. The molecule has 0 aliphatic heterocycles. The Bertz CT molecular complexity index is 2300. The predicted octanol–water partition coefficient (Wildman–Crippen LogP) is 24.5. The number of unbranched alkanes of at least 4 members (excludes halogenated alkanes) is 36. The fourth-order valence-electron chi connectivity index (χ4n) is 11.5. The molecular formula is C76H118N4O6. The fourth-order valence-corrected chi connectivity index (χ4v) is 11.5. The quantitative estimate of drug-likeness (QED) is 0.0227. The SMILES string of the molecule is CCCCCCCCCCCCOc1cc(NC(=O)Nc2ccc3cc4cc(NC(=O)Nc5cc(OCCCCCCCCCCCC)cc(OCCCCCCCCCCCC)c5)ccc4cc3c2)cc(OCCCCCCCCCCCC)c1. The van der Waals surface area contributed by atoms with Crippen LogP contribution in [-0.4, -0.2) is 38.5 Å². The molecule has 0 aliphatic rings. The normalized spacial score (nSPS) is 11.3. The average molecular weight is 1180 g/mol. The van der Waals surface area contributed by atoms with Gasteiger partial charge in [-0.15, -0.1) is 0 Å². The molecule has 86 heavy (non-hydrogen) atoms. The van der Waals surface area contributed by atoms with E-state index in [1.54, 1.807) is 0 Å². The second-order valence-corrected chi connectivity index (χ2v) is 24.6. The largest absolute Gasteiger partial charge is 0.493 e. The lowest BCUT2D eigenvalue weighted by Gasteiger charge is -2.14. The Kier molecular flexibility index (Phi) is 38.5. The summed E-state index contributed by atoms with van der Waals surface area (Å²) in [5, 5.41) is 16.2. The lowest BCUT2D eigenvalue weighted by atomic mass is 10.0. The molecule has 0 saturated carbocycles. The van der Waals surface area contributed by atoms with E-state index in [4.69, 9.17) is 18.9 Å². The monoisotopic (exact) mass is 1180 g/mol. The predicted molar refractivity (Wildman–Crippen MR) is 369 cm³/mol. The van der Waals surface area contributed by atoms with Crippen LogP contribution in [0.1, 0.15) is 285 Å². The molecule has 10 nitrogen and oxygen atoms in total. The van der Waals surface area contributed by atoms with Gasteiger partial charge in [0.15, 0.2) is 0 Å². The Morgan fingerprint density at radius 1 is 0.244 bits per heavy atom. The number of rotatable bonds is 52. The Morgan fingerprint density at radius 3 is 0.709 bits per heavy atom. The molecule has 4 amide bonds. The summed E-state index contributed by atoms with van der Waals surface area (Å²) in [5.74, 6) is 2.81. The molecule has 5 rings (SSSR count). The summed E-state index contributed by atoms with van der Waals surface area (Å²) in [5.41, 5.74) is 2.60. The Morgan fingerprint density at radius 2 is 0.465 bits per heavy atom. The van der Waals surface area contributed by atoms with E-state index in [0.29, 0.717) is 72.2 Å². The van der Waals surface area contributed by atoms with Gasteiger partial charge >= 0.3 is 12.1 Å². The van der Waals surface area contributed by atoms with Gasteiger partial charge in [-0.25, -0.2) is 9.59 Å². The number of carbonyl (C=O) groups is 2. The van der Waals surface area contributed by atoms with Crippen LogP contribution in [0.5, 0.6) is 23.0 Å². The first-order chi connectivity index (χ1) is 42.3. The van der Waals surface area contributed by atoms with Crippen molar-refractivity contribution in [3.8, 4) is 23.0 Å². The van der Waals surface area contributed by atoms with Gasteiger partial charge in [-0.2, -0.15) is 0 Å². The number of benzene rings is 5. The van der Waals surface area contributed by atoms with Gasteiger partial charge in [-0.1, -0.05) is 271 Å². The van der Waals surface area contributed by atoms with Crippen LogP contribution in [0, 0.1) is 0 Å². The summed E-state index contributed by atoms with van der Waals surface area (Å²) < 4.78 is 25.1. The zero-order chi connectivity index (χ0) is 60.8. The molecule has 0 aliphatic carbocycles. The van der Waals surface area contributed by atoms with Crippen molar-refractivity contribution in [2.45, 2.75) is 285 Å². The number of nitrogens with one attached hydrogen (secondary N) is 4. The van der Waals surface area contributed by atoms with Crippen molar-refractivity contribution in [2.75, 3.05) is 47.7 Å². The molecule has 0 atom stereocenters. The smallest absolute Gasteiger partial charge is 0.323 e. The number of urea groups is 2. The standard InChI is InChI=1S/C76H118N4O6/c1-5-9-13-17-21-25-29-33-37-41-49-83-71-57-69(58-72(61-71)84-50-42-38-34-30-26-22-18-14-10-6-2)79-75(81)77-67-47-45-63-54-66-56-68(48-46-64(66)53-65(63)55-67)78-76(82)80-70-59-73(85-51-43-39-35-31-27-23-19-15-11-7-3)62-74(60-70)86-52-44-40-36-32-28-24-20-16-12-8-4/h45-48,53-62H,5-44,49-52H2,1-4H3,(H2,77,79,81)(H2,78,80,82). The summed E-state index contributed by atoms with van der Waals surface area (Å²) in [6, 6.07) is 26.9. The number of amides is 4. The molecule has 0 spiro atoms. The molecule has 0 saturated heterocycles. The van der Waals surface area contributed by atoms with E-state index in [9.17, 15) is 9.59 Å². The topological polar surface area (TPSA) is 119 Å². The van der Waals surface area contributed by atoms with Crippen LogP contribution < -0.4 is 40.2 Å². The maximum atomic E-state index is 13.6. The lowest BCUT2D eigenvalue weighted by molar-refractivity contribution is 0.261. The van der Waals surface area contributed by atoms with Crippen molar-refractivity contribution < 1.29 is 28.5 Å². The number of ether oxygens (including phenoxy) is 4. The summed E-state index contributed by atoms with van der Waals surface area (Å²) in [7, 11) is 0. The van der Waals surface area contributed by atoms with Gasteiger partial charge in [0.2, 0.25) is 0 Å². The molecule has 5 aromatic carbocycles. The third-order valence-electron chi connectivity index (χ3n) is 16.7. The first-order valence-corrected chi connectivity index (χ1v) is 35.3. The molecule has 4 N–H and O–H groups in total. The highest BCUT2D eigenvalue weighted by atomic mass is 16.5. The zero-order valence-electron chi connectivity index (χ0n) is 54.6. The van der Waals surface area contributed by atoms with Crippen molar-refractivity contribution in [2.24, 2.45) is 0 Å². The highest BCUT2D eigenvalue weighted by molar-refractivity contribution is 6.05. The van der Waals surface area contributed by atoms with Crippen LogP contribution in [0.2, 0.25) is 0 Å². The van der Waals surface area contributed by atoms with Gasteiger partial charge in [0.25, 0.3) is 0 Å². The first kappa shape index (κ1) is 71.1. The van der Waals surface area contributed by atoms with E-state index < -0.39 is 0 Å². The average Bonchev–Trinajstić information content (AvgIpc) is 1.72. The van der Waals surface area contributed by atoms with Crippen molar-refractivity contribution in [1.82, 2.24) is 0 Å². The maximum absolute atomic E-state index is 13.6. The van der Waals surface area contributed by atoms with Crippen molar-refractivity contribution in [1.29, 1.82) is 0 Å². The van der Waals surface area contributed by atoms with Gasteiger partial charge < -0.3 is 40.2 Å². The molecule has 478 valence electrons. The number of hydrogen-bond donors (Lipinski definition) is 4. The fraction of sp³-hybridized carbons (Fsp3) is 0.632. The highest BCUT2D eigenvalue weighted by Gasteiger charge is 2.12. The Hall–Kier alpha value is -5.64. The lowest BCUT2D eigenvalue weighted by Crippen LogP contribution is -2.19. The minimum atomic E-state index is -0.344. The van der Waals surface area contributed by atoms with Crippen molar-refractivity contribution in [3.05, 3.63) is 84.9 Å². The minimum absolute atomic E-state index is 0.344. The molecule has 0 fully saturated rings. The van der Waals surface area contributed by atoms with E-state index in [1.807, 2.05) is 72.8 Å². The molecule has 0 heterocycles. The summed E-state index contributed by atoms with van der Waals surface area (Å²) >= 11 is 0.